The maximum Gasteiger partial charge on any atom is 0.407 e. The van der Waals surface area contributed by atoms with Crippen molar-refractivity contribution in [2.24, 2.45) is 4.99 Å². The molecule has 1 saturated heterocycles. The first-order valence-electron chi connectivity index (χ1n) is 10.1. The molecule has 1 aliphatic rings. The third-order valence-electron chi connectivity index (χ3n) is 4.41. The number of carbonyl (C=O) groups is 1. The molecule has 0 unspecified atom stereocenters. The van der Waals surface area contributed by atoms with Crippen LogP contribution in [0.2, 0.25) is 0 Å². The Bertz CT molecular complexity index is 669. The summed E-state index contributed by atoms with van der Waals surface area (Å²) in [6.07, 6.45) is 1.48. The number of guanidine groups is 1. The summed E-state index contributed by atoms with van der Waals surface area (Å²) < 4.78 is 5.20. The van der Waals surface area contributed by atoms with E-state index < -0.39 is 11.7 Å². The zero-order valence-corrected chi connectivity index (χ0v) is 21.0. The van der Waals surface area contributed by atoms with Gasteiger partial charge in [0.2, 0.25) is 0 Å². The minimum absolute atomic E-state index is 0. The fourth-order valence-corrected chi connectivity index (χ4v) is 2.81. The molecule has 0 spiro atoms. The van der Waals surface area contributed by atoms with Crippen molar-refractivity contribution in [3.63, 3.8) is 0 Å². The van der Waals surface area contributed by atoms with Gasteiger partial charge in [0, 0.05) is 59.1 Å². The highest BCUT2D eigenvalue weighted by molar-refractivity contribution is 14.0. The molecule has 10 heteroatoms. The van der Waals surface area contributed by atoms with E-state index in [1.807, 2.05) is 27.0 Å². The molecule has 9 nitrogen and oxygen atoms in total. The van der Waals surface area contributed by atoms with Crippen LogP contribution in [0, 0.1) is 0 Å². The second-order valence-electron chi connectivity index (χ2n) is 8.10. The van der Waals surface area contributed by atoms with Crippen LogP contribution in [0.1, 0.15) is 26.3 Å². The Morgan fingerprint density at radius 3 is 2.37 bits per heavy atom. The topological polar surface area (TPSA) is 94.1 Å². The minimum atomic E-state index is -0.497. The summed E-state index contributed by atoms with van der Waals surface area (Å²) in [4.78, 5) is 25.1. The van der Waals surface area contributed by atoms with Crippen LogP contribution in [0.25, 0.3) is 0 Å². The Kier molecular flexibility index (Phi) is 11.2. The van der Waals surface area contributed by atoms with Crippen LogP contribution < -0.4 is 20.9 Å². The van der Waals surface area contributed by atoms with Gasteiger partial charge >= 0.3 is 6.09 Å². The van der Waals surface area contributed by atoms with Crippen LogP contribution >= 0.6 is 24.0 Å². The van der Waals surface area contributed by atoms with Crippen molar-refractivity contribution in [1.29, 1.82) is 0 Å². The highest BCUT2D eigenvalue weighted by atomic mass is 127. The first kappa shape index (κ1) is 26.2. The number of piperazine rings is 1. The maximum absolute atomic E-state index is 11.6. The third kappa shape index (κ3) is 9.79. The predicted octanol–water partition coefficient (Wildman–Crippen LogP) is 1.64. The van der Waals surface area contributed by atoms with Crippen molar-refractivity contribution in [2.45, 2.75) is 32.9 Å². The molecule has 2 heterocycles. The summed E-state index contributed by atoms with van der Waals surface area (Å²) in [6.45, 7) is 11.3. The number of nitrogens with one attached hydrogen (secondary N) is 3. The number of ether oxygens (including phenoxy) is 1. The van der Waals surface area contributed by atoms with Crippen molar-refractivity contribution in [2.75, 3.05) is 58.3 Å². The average molecular weight is 533 g/mol. The number of aliphatic imine (C=N–C) groups is 1. The lowest BCUT2D eigenvalue weighted by molar-refractivity contribution is 0.0529. The van der Waals surface area contributed by atoms with Gasteiger partial charge in [0.1, 0.15) is 11.4 Å². The van der Waals surface area contributed by atoms with Crippen molar-refractivity contribution < 1.29 is 9.53 Å². The summed E-state index contributed by atoms with van der Waals surface area (Å²) >= 11 is 0. The molecule has 1 amide bonds. The van der Waals surface area contributed by atoms with E-state index in [4.69, 9.17) is 4.74 Å². The molecule has 170 valence electrons. The number of nitrogens with zero attached hydrogens (tertiary/aromatic N) is 4. The van der Waals surface area contributed by atoms with E-state index in [-0.39, 0.29) is 24.0 Å². The Balaban J connectivity index is 0.00000450. The Hall–Kier alpha value is -1.82. The normalized spacial score (nSPS) is 15.2. The summed E-state index contributed by atoms with van der Waals surface area (Å²) in [5.74, 6) is 1.69. The second-order valence-corrected chi connectivity index (χ2v) is 8.10. The van der Waals surface area contributed by atoms with E-state index in [0.29, 0.717) is 25.6 Å². The zero-order valence-electron chi connectivity index (χ0n) is 18.7. The van der Waals surface area contributed by atoms with E-state index in [0.717, 1.165) is 37.6 Å². The van der Waals surface area contributed by atoms with E-state index in [1.165, 1.54) is 0 Å². The molecule has 3 N–H and O–H groups in total. The highest BCUT2D eigenvalue weighted by Crippen LogP contribution is 2.13. The largest absolute Gasteiger partial charge is 0.444 e. The van der Waals surface area contributed by atoms with Gasteiger partial charge in [0.25, 0.3) is 0 Å². The Morgan fingerprint density at radius 1 is 1.13 bits per heavy atom. The number of halogens is 1. The SMILES string of the molecule is CN=C(NCCNC(=O)OC(C)(C)C)NCc1ccc(N2CCN(C)CC2)nc1.I. The lowest BCUT2D eigenvalue weighted by atomic mass is 10.2. The van der Waals surface area contributed by atoms with Crippen LogP contribution in [0.3, 0.4) is 0 Å². The van der Waals surface area contributed by atoms with E-state index in [9.17, 15) is 4.79 Å². The molecule has 0 radical (unpaired) electrons. The van der Waals surface area contributed by atoms with Crippen molar-refractivity contribution in [1.82, 2.24) is 25.8 Å². The summed E-state index contributed by atoms with van der Waals surface area (Å²) in [7, 11) is 3.86. The molecule has 1 aromatic rings. The molecule has 0 saturated carbocycles. The van der Waals surface area contributed by atoms with E-state index in [2.05, 4.69) is 54.9 Å². The minimum Gasteiger partial charge on any atom is -0.444 e. The van der Waals surface area contributed by atoms with Gasteiger partial charge in [-0.25, -0.2) is 9.78 Å². The van der Waals surface area contributed by atoms with Gasteiger partial charge in [0.15, 0.2) is 5.96 Å². The highest BCUT2D eigenvalue weighted by Gasteiger charge is 2.16. The number of aromatic nitrogens is 1. The lowest BCUT2D eigenvalue weighted by Gasteiger charge is -2.33. The number of carbonyl (C=O) groups excluding carboxylic acids is 1. The number of alkyl carbamates (subject to hydrolysis) is 1. The van der Waals surface area contributed by atoms with Gasteiger partial charge in [0.05, 0.1) is 0 Å². The number of amides is 1. The lowest BCUT2D eigenvalue weighted by Crippen LogP contribution is -2.44. The number of rotatable bonds is 6. The number of likely N-dealkylation sites (N-methyl/N-ethyl adjacent to an activating group) is 1. The van der Waals surface area contributed by atoms with Gasteiger partial charge in [-0.05, 0) is 39.4 Å². The average Bonchev–Trinajstić information content (AvgIpc) is 2.67. The van der Waals surface area contributed by atoms with Crippen molar-refractivity contribution in [3.8, 4) is 0 Å². The smallest absolute Gasteiger partial charge is 0.407 e. The number of hydrogen-bond acceptors (Lipinski definition) is 6. The molecule has 0 aliphatic carbocycles. The van der Waals surface area contributed by atoms with Crippen molar-refractivity contribution >= 4 is 41.8 Å². The van der Waals surface area contributed by atoms with Gasteiger partial charge < -0.3 is 30.5 Å². The molecule has 0 bridgehead atoms. The van der Waals surface area contributed by atoms with E-state index in [1.54, 1.807) is 7.05 Å². The number of anilines is 1. The molecular formula is C20H36IN7O2. The Labute approximate surface area is 197 Å². The molecule has 1 aliphatic heterocycles. The standard InChI is InChI=1S/C20H35N7O2.HI/c1-20(2,3)29-19(28)23-9-8-22-18(21-4)25-15-16-6-7-17(24-14-16)27-12-10-26(5)11-13-27;/h6-7,14H,8-13,15H2,1-5H3,(H,23,28)(H2,21,22,25);1H. The fourth-order valence-electron chi connectivity index (χ4n) is 2.81. The maximum atomic E-state index is 11.6. The number of pyridine rings is 1. The first-order valence-corrected chi connectivity index (χ1v) is 10.1. The van der Waals surface area contributed by atoms with Crippen LogP contribution in [-0.4, -0.2) is 80.9 Å². The first-order chi connectivity index (χ1) is 13.8. The van der Waals surface area contributed by atoms with Gasteiger partial charge in [-0.15, -0.1) is 24.0 Å². The fraction of sp³-hybridized carbons (Fsp3) is 0.650. The number of hydrogen-bond donors (Lipinski definition) is 3. The Morgan fingerprint density at radius 2 is 1.80 bits per heavy atom. The predicted molar refractivity (Wildman–Crippen MR) is 132 cm³/mol. The monoisotopic (exact) mass is 533 g/mol. The summed E-state index contributed by atoms with van der Waals surface area (Å²) in [6, 6.07) is 4.16. The quantitative estimate of drug-likeness (QED) is 0.222. The molecule has 0 aromatic carbocycles. The molecule has 2 rings (SSSR count). The van der Waals surface area contributed by atoms with Crippen LogP contribution in [0.15, 0.2) is 23.3 Å². The van der Waals surface area contributed by atoms with Crippen LogP contribution in [0.4, 0.5) is 10.6 Å². The molecule has 0 atom stereocenters. The third-order valence-corrected chi connectivity index (χ3v) is 4.41. The van der Waals surface area contributed by atoms with Gasteiger partial charge in [-0.2, -0.15) is 0 Å². The van der Waals surface area contributed by atoms with Crippen LogP contribution in [0.5, 0.6) is 0 Å². The van der Waals surface area contributed by atoms with Gasteiger partial charge in [-0.3, -0.25) is 4.99 Å². The van der Waals surface area contributed by atoms with Gasteiger partial charge in [-0.1, -0.05) is 6.07 Å². The summed E-state index contributed by atoms with van der Waals surface area (Å²) in [5, 5.41) is 9.12. The summed E-state index contributed by atoms with van der Waals surface area (Å²) in [5.41, 5.74) is 0.584. The van der Waals surface area contributed by atoms with E-state index >= 15 is 0 Å². The van der Waals surface area contributed by atoms with Crippen molar-refractivity contribution in [3.05, 3.63) is 23.9 Å². The molecule has 30 heavy (non-hydrogen) atoms. The molecule has 1 fully saturated rings. The zero-order chi connectivity index (χ0) is 21.3. The van der Waals surface area contributed by atoms with Crippen LogP contribution in [-0.2, 0) is 11.3 Å². The second kappa shape index (κ2) is 12.8. The molecular weight excluding hydrogens is 497 g/mol. The molecule has 1 aromatic heterocycles.